The Kier molecular flexibility index (Phi) is 4.27. The summed E-state index contributed by atoms with van der Waals surface area (Å²) in [5.74, 6) is 0.758. The molecule has 0 atom stereocenters. The van der Waals surface area contributed by atoms with Crippen molar-refractivity contribution in [3.8, 4) is 6.07 Å². The average molecular weight is 347 g/mol. The van der Waals surface area contributed by atoms with E-state index in [0.717, 1.165) is 47.7 Å². The third-order valence-electron chi connectivity index (χ3n) is 5.00. The minimum Gasteiger partial charge on any atom is -0.366 e. The van der Waals surface area contributed by atoms with Crippen LogP contribution < -0.4 is 5.32 Å². The van der Waals surface area contributed by atoms with Gasteiger partial charge in [0.05, 0.1) is 5.56 Å². The molecule has 4 rings (SSSR count). The summed E-state index contributed by atoms with van der Waals surface area (Å²) in [7, 11) is 0. The van der Waals surface area contributed by atoms with Gasteiger partial charge in [-0.15, -0.1) is 10.2 Å². The van der Waals surface area contributed by atoms with Gasteiger partial charge in [0.1, 0.15) is 18.2 Å². The highest BCUT2D eigenvalue weighted by molar-refractivity contribution is 5.68. The monoisotopic (exact) mass is 347 g/mol. The first kappa shape index (κ1) is 16.5. The summed E-state index contributed by atoms with van der Waals surface area (Å²) in [6, 6.07) is 6.79. The number of nitrogens with one attached hydrogen (secondary N) is 1. The SMILES string of the molecule is CC(C)N1CCc2c(C#N)c(NCc3cccnc3)n3cnnc3c2C1. The smallest absolute Gasteiger partial charge is 0.167 e. The molecular weight excluding hydrogens is 326 g/mol. The number of rotatable bonds is 4. The highest BCUT2D eigenvalue weighted by Crippen LogP contribution is 2.31. The number of fused-ring (bicyclic) bond motifs is 3. The number of anilines is 1. The Hall–Kier alpha value is -2.98. The second kappa shape index (κ2) is 6.73. The van der Waals surface area contributed by atoms with E-state index in [1.54, 1.807) is 12.5 Å². The van der Waals surface area contributed by atoms with E-state index in [2.05, 4.69) is 45.3 Å². The van der Waals surface area contributed by atoms with Gasteiger partial charge in [-0.1, -0.05) is 6.07 Å². The van der Waals surface area contributed by atoms with Crippen LogP contribution in [0.4, 0.5) is 5.82 Å². The van der Waals surface area contributed by atoms with Gasteiger partial charge in [0.2, 0.25) is 0 Å². The fourth-order valence-electron chi connectivity index (χ4n) is 3.56. The molecule has 1 aliphatic rings. The topological polar surface area (TPSA) is 82.1 Å². The van der Waals surface area contributed by atoms with Crippen LogP contribution in [0.1, 0.15) is 36.1 Å². The molecule has 4 heterocycles. The van der Waals surface area contributed by atoms with Crippen molar-refractivity contribution in [3.63, 3.8) is 0 Å². The molecule has 3 aromatic heterocycles. The number of nitriles is 1. The first-order valence-electron chi connectivity index (χ1n) is 8.83. The van der Waals surface area contributed by atoms with Gasteiger partial charge >= 0.3 is 0 Å². The Morgan fingerprint density at radius 1 is 1.35 bits per heavy atom. The fraction of sp³-hybridized carbons (Fsp3) is 0.368. The minimum atomic E-state index is 0.458. The highest BCUT2D eigenvalue weighted by Gasteiger charge is 2.27. The molecule has 132 valence electrons. The average Bonchev–Trinajstić information content (AvgIpc) is 3.16. The molecular formula is C19H21N7. The van der Waals surface area contributed by atoms with Gasteiger partial charge < -0.3 is 5.32 Å². The van der Waals surface area contributed by atoms with Crippen LogP contribution in [0.3, 0.4) is 0 Å². The number of hydrogen-bond donors (Lipinski definition) is 1. The van der Waals surface area contributed by atoms with Crippen molar-refractivity contribution in [3.05, 3.63) is 53.1 Å². The second-order valence-electron chi connectivity index (χ2n) is 6.85. The predicted molar refractivity (Wildman–Crippen MR) is 98.5 cm³/mol. The molecule has 0 aliphatic carbocycles. The standard InChI is InChI=1S/C19H21N7/c1-13(2)25-7-5-15-16(8-20)18(22-10-14-4-3-6-21-9-14)26-12-23-24-19(26)17(15)11-25/h3-4,6,9,12-13,22H,5,7,10-11H2,1-2H3. The molecule has 0 fully saturated rings. The quantitative estimate of drug-likeness (QED) is 0.780. The largest absolute Gasteiger partial charge is 0.366 e. The molecule has 7 heteroatoms. The highest BCUT2D eigenvalue weighted by atomic mass is 15.3. The Bertz CT molecular complexity index is 969. The first-order chi connectivity index (χ1) is 12.7. The first-order valence-corrected chi connectivity index (χ1v) is 8.83. The van der Waals surface area contributed by atoms with E-state index in [-0.39, 0.29) is 0 Å². The zero-order valence-electron chi connectivity index (χ0n) is 15.0. The normalized spacial score (nSPS) is 14.4. The molecule has 0 spiro atoms. The maximum absolute atomic E-state index is 9.87. The summed E-state index contributed by atoms with van der Waals surface area (Å²) in [5, 5.41) is 21.7. The lowest BCUT2D eigenvalue weighted by Gasteiger charge is -2.33. The Morgan fingerprint density at radius 2 is 2.23 bits per heavy atom. The molecule has 0 saturated heterocycles. The molecule has 0 saturated carbocycles. The van der Waals surface area contributed by atoms with Gasteiger partial charge in [0.25, 0.3) is 0 Å². The second-order valence-corrected chi connectivity index (χ2v) is 6.85. The van der Waals surface area contributed by atoms with Crippen LogP contribution in [0, 0.1) is 11.3 Å². The van der Waals surface area contributed by atoms with Crippen molar-refractivity contribution >= 4 is 11.5 Å². The summed E-state index contributed by atoms with van der Waals surface area (Å²) in [6.45, 7) is 6.73. The third kappa shape index (κ3) is 2.78. The lowest BCUT2D eigenvalue weighted by molar-refractivity contribution is 0.204. The van der Waals surface area contributed by atoms with E-state index >= 15 is 0 Å². The van der Waals surface area contributed by atoms with Crippen molar-refractivity contribution in [2.45, 2.75) is 39.4 Å². The van der Waals surface area contributed by atoms with Gasteiger partial charge in [-0.3, -0.25) is 14.3 Å². The molecule has 0 amide bonds. The van der Waals surface area contributed by atoms with Gasteiger partial charge in [-0.25, -0.2) is 0 Å². The third-order valence-corrected chi connectivity index (χ3v) is 5.00. The molecule has 0 aromatic carbocycles. The van der Waals surface area contributed by atoms with Crippen molar-refractivity contribution in [2.24, 2.45) is 0 Å². The van der Waals surface area contributed by atoms with E-state index in [1.807, 2.05) is 22.7 Å². The lowest BCUT2D eigenvalue weighted by atomic mass is 9.95. The van der Waals surface area contributed by atoms with Crippen LogP contribution >= 0.6 is 0 Å². The molecule has 1 N–H and O–H groups in total. The van der Waals surface area contributed by atoms with Crippen molar-refractivity contribution in [1.82, 2.24) is 24.5 Å². The van der Waals surface area contributed by atoms with Gasteiger partial charge in [-0.05, 0) is 37.5 Å². The zero-order chi connectivity index (χ0) is 18.1. The number of aromatic nitrogens is 4. The van der Waals surface area contributed by atoms with Crippen molar-refractivity contribution in [1.29, 1.82) is 5.26 Å². The minimum absolute atomic E-state index is 0.458. The van der Waals surface area contributed by atoms with Crippen LogP contribution in [0.2, 0.25) is 0 Å². The van der Waals surface area contributed by atoms with Crippen molar-refractivity contribution in [2.75, 3.05) is 11.9 Å². The maximum atomic E-state index is 9.87. The van der Waals surface area contributed by atoms with Crippen LogP contribution in [0.25, 0.3) is 5.65 Å². The number of hydrogen-bond acceptors (Lipinski definition) is 6. The molecule has 0 radical (unpaired) electrons. The molecule has 3 aromatic rings. The lowest BCUT2D eigenvalue weighted by Crippen LogP contribution is -2.36. The fourth-order valence-corrected chi connectivity index (χ4v) is 3.56. The summed E-state index contributed by atoms with van der Waals surface area (Å²) in [6.07, 6.45) is 6.10. The Balaban J connectivity index is 1.78. The van der Waals surface area contributed by atoms with Crippen LogP contribution in [-0.4, -0.2) is 37.1 Å². The maximum Gasteiger partial charge on any atom is 0.167 e. The van der Waals surface area contributed by atoms with Gasteiger partial charge in [0.15, 0.2) is 5.65 Å². The molecule has 26 heavy (non-hydrogen) atoms. The van der Waals surface area contributed by atoms with E-state index in [9.17, 15) is 5.26 Å². The zero-order valence-corrected chi connectivity index (χ0v) is 15.0. The van der Waals surface area contributed by atoms with Crippen LogP contribution in [-0.2, 0) is 19.5 Å². The van der Waals surface area contributed by atoms with Crippen LogP contribution in [0.5, 0.6) is 0 Å². The molecule has 1 aliphatic heterocycles. The predicted octanol–water partition coefficient (Wildman–Crippen LogP) is 2.37. The van der Waals surface area contributed by atoms with E-state index in [0.29, 0.717) is 18.2 Å². The summed E-state index contributed by atoms with van der Waals surface area (Å²) < 4.78 is 1.90. The van der Waals surface area contributed by atoms with E-state index < -0.39 is 0 Å². The number of nitrogens with zero attached hydrogens (tertiary/aromatic N) is 6. The summed E-state index contributed by atoms with van der Waals surface area (Å²) >= 11 is 0. The molecule has 0 bridgehead atoms. The Labute approximate surface area is 152 Å². The Morgan fingerprint density at radius 3 is 2.96 bits per heavy atom. The molecule has 7 nitrogen and oxygen atoms in total. The van der Waals surface area contributed by atoms with Crippen LogP contribution in [0.15, 0.2) is 30.9 Å². The van der Waals surface area contributed by atoms with Crippen molar-refractivity contribution < 1.29 is 0 Å². The number of pyridine rings is 2. The summed E-state index contributed by atoms with van der Waals surface area (Å²) in [5.41, 5.74) is 4.79. The van der Waals surface area contributed by atoms with Gasteiger partial charge in [0, 0.05) is 43.6 Å². The summed E-state index contributed by atoms with van der Waals surface area (Å²) in [4.78, 5) is 6.55. The van der Waals surface area contributed by atoms with E-state index in [1.165, 1.54) is 0 Å². The van der Waals surface area contributed by atoms with E-state index in [4.69, 9.17) is 0 Å². The van der Waals surface area contributed by atoms with Gasteiger partial charge in [-0.2, -0.15) is 5.26 Å². The molecule has 0 unspecified atom stereocenters.